The van der Waals surface area contributed by atoms with Crippen LogP contribution >= 0.6 is 11.3 Å². The molecule has 0 N–H and O–H groups in total. The van der Waals surface area contributed by atoms with Gasteiger partial charge in [-0.25, -0.2) is 9.97 Å². The van der Waals surface area contributed by atoms with Crippen molar-refractivity contribution < 1.29 is 0 Å². The van der Waals surface area contributed by atoms with E-state index in [1.807, 2.05) is 11.3 Å². The summed E-state index contributed by atoms with van der Waals surface area (Å²) in [6, 6.07) is 69.7. The highest BCUT2D eigenvalue weighted by Gasteiger charge is 2.19. The molecule has 9 aromatic carbocycles. The molecule has 2 nitrogen and oxygen atoms in total. The van der Waals surface area contributed by atoms with Crippen LogP contribution in [-0.4, -0.2) is 9.97 Å². The van der Waals surface area contributed by atoms with Crippen LogP contribution in [0.25, 0.3) is 109 Å². The average Bonchev–Trinajstić information content (AvgIpc) is 3.66. The minimum Gasteiger partial charge on any atom is -0.228 e. The summed E-state index contributed by atoms with van der Waals surface area (Å²) in [6.07, 6.45) is 0. The third kappa shape index (κ3) is 5.32. The summed E-state index contributed by atoms with van der Waals surface area (Å²) in [5, 5.41) is 9.95. The molecule has 0 spiro atoms. The quantitative estimate of drug-likeness (QED) is 0.166. The Bertz CT molecular complexity index is 3220. The van der Waals surface area contributed by atoms with E-state index < -0.39 is 0 Å². The number of benzene rings is 9. The van der Waals surface area contributed by atoms with Crippen LogP contribution in [-0.2, 0) is 0 Å². The SMILES string of the molecule is c1ccc(-c2ccc(-c3cc(-c4cccc5c4sc4ccccc45)nc(-c4ccc5c6ccccc6c6ccccc6c5c4)n3)c(-c3ccccc3)c2)cc1. The van der Waals surface area contributed by atoms with Crippen LogP contribution in [0.1, 0.15) is 0 Å². The van der Waals surface area contributed by atoms with Crippen molar-refractivity contribution in [2.45, 2.75) is 0 Å². The molecule has 55 heavy (non-hydrogen) atoms. The van der Waals surface area contributed by atoms with Gasteiger partial charge in [0.15, 0.2) is 5.82 Å². The Hall–Kier alpha value is -6.94. The summed E-state index contributed by atoms with van der Waals surface area (Å²) in [5.74, 6) is 0.705. The molecule has 3 heteroatoms. The van der Waals surface area contributed by atoms with Gasteiger partial charge in [-0.05, 0) is 78.8 Å². The molecule has 0 aliphatic carbocycles. The maximum Gasteiger partial charge on any atom is 0.160 e. The molecule has 2 aromatic heterocycles. The molecule has 256 valence electrons. The van der Waals surface area contributed by atoms with Crippen molar-refractivity contribution >= 4 is 63.8 Å². The van der Waals surface area contributed by atoms with Crippen molar-refractivity contribution in [2.24, 2.45) is 0 Å². The topological polar surface area (TPSA) is 25.8 Å². The first kappa shape index (κ1) is 31.6. The molecule has 0 saturated heterocycles. The maximum atomic E-state index is 5.45. The molecule has 0 saturated carbocycles. The van der Waals surface area contributed by atoms with Crippen molar-refractivity contribution in [3.63, 3.8) is 0 Å². The van der Waals surface area contributed by atoms with Crippen molar-refractivity contribution in [1.82, 2.24) is 9.97 Å². The molecule has 11 aromatic rings. The van der Waals surface area contributed by atoms with Crippen molar-refractivity contribution in [2.75, 3.05) is 0 Å². The molecule has 0 radical (unpaired) electrons. The van der Waals surface area contributed by atoms with Gasteiger partial charge in [-0.2, -0.15) is 0 Å². The van der Waals surface area contributed by atoms with Gasteiger partial charge in [0.2, 0.25) is 0 Å². The predicted molar refractivity (Wildman–Crippen MR) is 235 cm³/mol. The summed E-state index contributed by atoms with van der Waals surface area (Å²) in [7, 11) is 0. The van der Waals surface area contributed by atoms with Crippen molar-refractivity contribution in [3.8, 4) is 56.2 Å². The molecule has 0 unspecified atom stereocenters. The first-order chi connectivity index (χ1) is 27.3. The fraction of sp³-hybridized carbons (Fsp3) is 0. The van der Waals surface area contributed by atoms with Crippen molar-refractivity contribution in [1.29, 1.82) is 0 Å². The number of aromatic nitrogens is 2. The highest BCUT2D eigenvalue weighted by molar-refractivity contribution is 7.26. The monoisotopic (exact) mass is 716 g/mol. The van der Waals surface area contributed by atoms with Crippen molar-refractivity contribution in [3.05, 3.63) is 194 Å². The van der Waals surface area contributed by atoms with Gasteiger partial charge >= 0.3 is 0 Å². The van der Waals surface area contributed by atoms with E-state index in [2.05, 4.69) is 194 Å². The summed E-state index contributed by atoms with van der Waals surface area (Å²) in [4.78, 5) is 10.9. The lowest BCUT2D eigenvalue weighted by Crippen LogP contribution is -1.98. The molecule has 0 aliphatic rings. The van der Waals surface area contributed by atoms with Gasteiger partial charge in [0.25, 0.3) is 0 Å². The molecule has 0 amide bonds. The Labute approximate surface area is 322 Å². The van der Waals surface area contributed by atoms with Gasteiger partial charge in [-0.15, -0.1) is 11.3 Å². The van der Waals surface area contributed by atoms with Gasteiger partial charge in [0.1, 0.15) is 0 Å². The smallest absolute Gasteiger partial charge is 0.160 e. The zero-order valence-electron chi connectivity index (χ0n) is 29.8. The van der Waals surface area contributed by atoms with Crippen LogP contribution in [0, 0.1) is 0 Å². The summed E-state index contributed by atoms with van der Waals surface area (Å²) in [5.41, 5.74) is 9.60. The van der Waals surface area contributed by atoms with E-state index in [4.69, 9.17) is 9.97 Å². The van der Waals surface area contributed by atoms with E-state index in [0.29, 0.717) is 5.82 Å². The summed E-state index contributed by atoms with van der Waals surface area (Å²) in [6.45, 7) is 0. The van der Waals surface area contributed by atoms with E-state index in [-0.39, 0.29) is 0 Å². The average molecular weight is 717 g/mol. The lowest BCUT2D eigenvalue weighted by Gasteiger charge is -2.16. The Balaban J connectivity index is 1.19. The van der Waals surface area contributed by atoms with Crippen LogP contribution < -0.4 is 0 Å². The lowest BCUT2D eigenvalue weighted by atomic mass is 9.92. The van der Waals surface area contributed by atoms with Crippen LogP contribution in [0.2, 0.25) is 0 Å². The molecule has 0 fully saturated rings. The minimum atomic E-state index is 0.705. The third-order valence-electron chi connectivity index (χ3n) is 10.9. The second kappa shape index (κ2) is 12.9. The fourth-order valence-electron chi connectivity index (χ4n) is 8.28. The normalized spacial score (nSPS) is 11.6. The zero-order chi connectivity index (χ0) is 36.3. The molecule has 11 rings (SSSR count). The number of fused-ring (bicyclic) bond motifs is 9. The Morgan fingerprint density at radius 1 is 0.291 bits per heavy atom. The van der Waals surface area contributed by atoms with Crippen LogP contribution in [0.5, 0.6) is 0 Å². The van der Waals surface area contributed by atoms with Gasteiger partial charge in [-0.3, -0.25) is 0 Å². The minimum absolute atomic E-state index is 0.705. The van der Waals surface area contributed by atoms with Crippen LogP contribution in [0.15, 0.2) is 194 Å². The fourth-order valence-corrected chi connectivity index (χ4v) is 9.51. The lowest BCUT2D eigenvalue weighted by molar-refractivity contribution is 1.19. The van der Waals surface area contributed by atoms with E-state index in [1.54, 1.807) is 0 Å². The maximum absolute atomic E-state index is 5.45. The van der Waals surface area contributed by atoms with E-state index in [0.717, 1.165) is 39.2 Å². The van der Waals surface area contributed by atoms with E-state index in [9.17, 15) is 0 Å². The zero-order valence-corrected chi connectivity index (χ0v) is 30.6. The van der Waals surface area contributed by atoms with Gasteiger partial charge in [0, 0.05) is 36.9 Å². The van der Waals surface area contributed by atoms with Crippen LogP contribution in [0.4, 0.5) is 0 Å². The van der Waals surface area contributed by atoms with Gasteiger partial charge in [-0.1, -0.05) is 170 Å². The van der Waals surface area contributed by atoms with Gasteiger partial charge in [0.05, 0.1) is 11.4 Å². The highest BCUT2D eigenvalue weighted by atomic mass is 32.1. The molecular weight excluding hydrogens is 685 g/mol. The Morgan fingerprint density at radius 3 is 1.55 bits per heavy atom. The largest absolute Gasteiger partial charge is 0.228 e. The second-order valence-electron chi connectivity index (χ2n) is 14.1. The number of hydrogen-bond donors (Lipinski definition) is 0. The third-order valence-corrected chi connectivity index (χ3v) is 12.1. The van der Waals surface area contributed by atoms with Gasteiger partial charge < -0.3 is 0 Å². The molecular formula is C52H32N2S. The number of hydrogen-bond acceptors (Lipinski definition) is 3. The molecule has 0 aliphatic heterocycles. The van der Waals surface area contributed by atoms with E-state index >= 15 is 0 Å². The standard InChI is InChI=1S/C52H32N2S/c1-3-14-33(15-4-1)35-26-29-42(46(30-35)34-16-5-2-6-17-34)48-32-49(45-24-13-23-44-43-22-11-12-25-50(43)55-51(44)45)54-52(53-48)36-27-28-41-39-20-8-7-18-37(39)38-19-9-10-21-40(38)47(41)31-36/h1-32H. The predicted octanol–water partition coefficient (Wildman–Crippen LogP) is 14.6. The summed E-state index contributed by atoms with van der Waals surface area (Å²) < 4.78 is 2.51. The number of thiophene rings is 1. The number of rotatable bonds is 5. The van der Waals surface area contributed by atoms with Crippen LogP contribution in [0.3, 0.4) is 0 Å². The Morgan fingerprint density at radius 2 is 0.836 bits per heavy atom. The number of nitrogens with zero attached hydrogens (tertiary/aromatic N) is 2. The first-order valence-electron chi connectivity index (χ1n) is 18.7. The highest BCUT2D eigenvalue weighted by Crippen LogP contribution is 2.43. The summed E-state index contributed by atoms with van der Waals surface area (Å²) >= 11 is 1.83. The molecule has 0 bridgehead atoms. The van der Waals surface area contributed by atoms with E-state index in [1.165, 1.54) is 63.6 Å². The Kier molecular flexibility index (Phi) is 7.39. The molecule has 0 atom stereocenters. The first-order valence-corrected chi connectivity index (χ1v) is 19.5. The second-order valence-corrected chi connectivity index (χ2v) is 15.1. The molecule has 2 heterocycles.